The Labute approximate surface area is 135 Å². The number of benzene rings is 1. The van der Waals surface area contributed by atoms with E-state index in [4.69, 9.17) is 0 Å². The van der Waals surface area contributed by atoms with E-state index < -0.39 is 0 Å². The molecule has 118 valence electrons. The Bertz CT molecular complexity index is 802. The van der Waals surface area contributed by atoms with Crippen molar-refractivity contribution >= 4 is 5.91 Å². The van der Waals surface area contributed by atoms with Crippen LogP contribution in [0, 0.1) is 0 Å². The molecule has 3 rings (SSSR count). The second kappa shape index (κ2) is 6.52. The van der Waals surface area contributed by atoms with Crippen molar-refractivity contribution in [2.75, 3.05) is 6.54 Å². The van der Waals surface area contributed by atoms with Crippen LogP contribution in [0.25, 0.3) is 11.3 Å². The smallest absolute Gasteiger partial charge is 0.267 e. The summed E-state index contributed by atoms with van der Waals surface area (Å²) in [5.74, 6) is -0.0642. The van der Waals surface area contributed by atoms with Crippen molar-refractivity contribution in [2.24, 2.45) is 14.1 Å². The monoisotopic (exact) mass is 308 g/mol. The zero-order chi connectivity index (χ0) is 16.2. The van der Waals surface area contributed by atoms with Crippen LogP contribution in [0.5, 0.6) is 0 Å². The van der Waals surface area contributed by atoms with Gasteiger partial charge in [0.25, 0.3) is 5.91 Å². The number of nitrogens with zero attached hydrogens (tertiary/aromatic N) is 3. The Morgan fingerprint density at radius 3 is 2.61 bits per heavy atom. The molecule has 3 aromatic rings. The summed E-state index contributed by atoms with van der Waals surface area (Å²) in [7, 11) is 3.85. The van der Waals surface area contributed by atoms with Crippen LogP contribution in [0.1, 0.15) is 16.2 Å². The summed E-state index contributed by atoms with van der Waals surface area (Å²) in [4.78, 5) is 16.6. The summed E-state index contributed by atoms with van der Waals surface area (Å²) in [5.41, 5.74) is 3.76. The summed E-state index contributed by atoms with van der Waals surface area (Å²) in [5, 5.41) is 2.95. The predicted molar refractivity (Wildman–Crippen MR) is 90.1 cm³/mol. The standard InChI is InChI=1S/C18H20N4O/c1-21-12-15(20-13-21)10-11-19-18(23)17-9-8-16(22(17)2)14-6-4-3-5-7-14/h3-9,12-13H,10-11H2,1-2H3,(H,19,23). The molecule has 0 aliphatic carbocycles. The Morgan fingerprint density at radius 1 is 1.13 bits per heavy atom. The summed E-state index contributed by atoms with van der Waals surface area (Å²) < 4.78 is 3.83. The molecule has 0 aliphatic heterocycles. The van der Waals surface area contributed by atoms with Crippen molar-refractivity contribution in [1.82, 2.24) is 19.4 Å². The van der Waals surface area contributed by atoms with Gasteiger partial charge in [0.15, 0.2) is 0 Å². The molecule has 0 unspecified atom stereocenters. The number of imidazole rings is 1. The lowest BCUT2D eigenvalue weighted by Gasteiger charge is -2.08. The van der Waals surface area contributed by atoms with Gasteiger partial charge < -0.3 is 14.5 Å². The lowest BCUT2D eigenvalue weighted by molar-refractivity contribution is 0.0946. The highest BCUT2D eigenvalue weighted by atomic mass is 16.1. The molecule has 23 heavy (non-hydrogen) atoms. The van der Waals surface area contributed by atoms with Crippen molar-refractivity contribution in [2.45, 2.75) is 6.42 Å². The molecule has 0 saturated heterocycles. The molecule has 1 N–H and O–H groups in total. The first-order chi connectivity index (χ1) is 11.1. The summed E-state index contributed by atoms with van der Waals surface area (Å²) in [6.45, 7) is 0.571. The molecule has 0 radical (unpaired) electrons. The fourth-order valence-electron chi connectivity index (χ4n) is 2.63. The van der Waals surface area contributed by atoms with Crippen molar-refractivity contribution < 1.29 is 4.79 Å². The zero-order valence-electron chi connectivity index (χ0n) is 13.4. The van der Waals surface area contributed by atoms with Crippen LogP contribution in [0.2, 0.25) is 0 Å². The topological polar surface area (TPSA) is 51.9 Å². The van der Waals surface area contributed by atoms with Crippen LogP contribution in [0.15, 0.2) is 55.0 Å². The zero-order valence-corrected chi connectivity index (χ0v) is 13.4. The molecular weight excluding hydrogens is 288 g/mol. The average Bonchev–Trinajstić information content (AvgIpc) is 3.14. The summed E-state index contributed by atoms with van der Waals surface area (Å²) >= 11 is 0. The van der Waals surface area contributed by atoms with Crippen LogP contribution in [0.4, 0.5) is 0 Å². The van der Waals surface area contributed by atoms with E-state index >= 15 is 0 Å². The van der Waals surface area contributed by atoms with Crippen molar-refractivity contribution in [3.8, 4) is 11.3 Å². The molecule has 5 heteroatoms. The first-order valence-corrected chi connectivity index (χ1v) is 7.61. The summed E-state index contributed by atoms with van der Waals surface area (Å²) in [6, 6.07) is 13.9. The van der Waals surface area contributed by atoms with Crippen molar-refractivity contribution in [1.29, 1.82) is 0 Å². The Kier molecular flexibility index (Phi) is 4.28. The minimum atomic E-state index is -0.0642. The minimum absolute atomic E-state index is 0.0642. The highest BCUT2D eigenvalue weighted by Gasteiger charge is 2.13. The van der Waals surface area contributed by atoms with Crippen LogP contribution >= 0.6 is 0 Å². The second-order valence-electron chi connectivity index (χ2n) is 5.57. The van der Waals surface area contributed by atoms with Gasteiger partial charge in [-0.25, -0.2) is 4.98 Å². The van der Waals surface area contributed by atoms with Gasteiger partial charge in [-0.1, -0.05) is 30.3 Å². The average molecular weight is 308 g/mol. The molecule has 0 saturated carbocycles. The molecule has 0 fully saturated rings. The van der Waals surface area contributed by atoms with Crippen molar-refractivity contribution in [3.63, 3.8) is 0 Å². The maximum absolute atomic E-state index is 12.3. The van der Waals surface area contributed by atoms with E-state index in [2.05, 4.69) is 10.3 Å². The van der Waals surface area contributed by atoms with Gasteiger partial charge in [0.1, 0.15) is 5.69 Å². The largest absolute Gasteiger partial charge is 0.350 e. The molecule has 0 atom stereocenters. The normalized spacial score (nSPS) is 10.7. The van der Waals surface area contributed by atoms with Crippen LogP contribution < -0.4 is 5.32 Å². The third-order valence-corrected chi connectivity index (χ3v) is 3.85. The number of rotatable bonds is 5. The van der Waals surface area contributed by atoms with Gasteiger partial charge in [0.2, 0.25) is 0 Å². The number of hydrogen-bond donors (Lipinski definition) is 1. The van der Waals surface area contributed by atoms with E-state index in [-0.39, 0.29) is 5.91 Å². The molecule has 2 heterocycles. The number of amides is 1. The first kappa shape index (κ1) is 15.1. The first-order valence-electron chi connectivity index (χ1n) is 7.61. The fraction of sp³-hybridized carbons (Fsp3) is 0.222. The van der Waals surface area contributed by atoms with Gasteiger partial charge in [0.05, 0.1) is 12.0 Å². The van der Waals surface area contributed by atoms with E-state index in [9.17, 15) is 4.79 Å². The lowest BCUT2D eigenvalue weighted by Crippen LogP contribution is -2.27. The van der Waals surface area contributed by atoms with Crippen LogP contribution in [-0.4, -0.2) is 26.6 Å². The molecular formula is C18H20N4O. The maximum Gasteiger partial charge on any atom is 0.267 e. The Morgan fingerprint density at radius 2 is 1.91 bits per heavy atom. The van der Waals surface area contributed by atoms with E-state index in [1.165, 1.54) is 0 Å². The number of carbonyl (C=O) groups excluding carboxylic acids is 1. The number of hydrogen-bond acceptors (Lipinski definition) is 2. The quantitative estimate of drug-likeness (QED) is 0.787. The maximum atomic E-state index is 12.3. The van der Waals surface area contributed by atoms with Crippen LogP contribution in [-0.2, 0) is 20.5 Å². The Hall–Kier alpha value is -2.82. The molecule has 0 aliphatic rings. The lowest BCUT2D eigenvalue weighted by atomic mass is 10.2. The molecule has 0 spiro atoms. The van der Waals surface area contributed by atoms with E-state index in [0.717, 1.165) is 23.4 Å². The summed E-state index contributed by atoms with van der Waals surface area (Å²) in [6.07, 6.45) is 4.45. The van der Waals surface area contributed by atoms with Gasteiger partial charge in [-0.2, -0.15) is 0 Å². The number of carbonyl (C=O) groups is 1. The fourth-order valence-corrected chi connectivity index (χ4v) is 2.63. The highest BCUT2D eigenvalue weighted by Crippen LogP contribution is 2.21. The van der Waals surface area contributed by atoms with Gasteiger partial charge in [0, 0.05) is 39.0 Å². The molecule has 2 aromatic heterocycles. The number of aryl methyl sites for hydroxylation is 1. The predicted octanol–water partition coefficient (Wildman–Crippen LogP) is 2.40. The second-order valence-corrected chi connectivity index (χ2v) is 5.57. The van der Waals surface area contributed by atoms with E-state index in [1.54, 1.807) is 6.33 Å². The van der Waals surface area contributed by atoms with Crippen LogP contribution in [0.3, 0.4) is 0 Å². The number of aromatic nitrogens is 3. The van der Waals surface area contributed by atoms with Crippen molar-refractivity contribution in [3.05, 3.63) is 66.4 Å². The molecule has 0 bridgehead atoms. The third kappa shape index (κ3) is 3.34. The SMILES string of the molecule is Cn1cnc(CCNC(=O)c2ccc(-c3ccccc3)n2C)c1. The molecule has 1 aromatic carbocycles. The number of nitrogens with one attached hydrogen (secondary N) is 1. The van der Waals surface area contributed by atoms with E-state index in [1.807, 2.05) is 71.9 Å². The van der Waals surface area contributed by atoms with Gasteiger partial charge in [-0.15, -0.1) is 0 Å². The van der Waals surface area contributed by atoms with Gasteiger partial charge >= 0.3 is 0 Å². The van der Waals surface area contributed by atoms with E-state index in [0.29, 0.717) is 12.2 Å². The highest BCUT2D eigenvalue weighted by molar-refractivity contribution is 5.93. The van der Waals surface area contributed by atoms with Gasteiger partial charge in [-0.3, -0.25) is 4.79 Å². The minimum Gasteiger partial charge on any atom is -0.350 e. The molecule has 1 amide bonds. The van der Waals surface area contributed by atoms with Gasteiger partial charge in [-0.05, 0) is 17.7 Å². The molecule has 5 nitrogen and oxygen atoms in total. The third-order valence-electron chi connectivity index (χ3n) is 3.85. The Balaban J connectivity index is 1.65.